The van der Waals surface area contributed by atoms with Crippen LogP contribution in [0.4, 0.5) is 5.69 Å². The third-order valence-corrected chi connectivity index (χ3v) is 6.31. The van der Waals surface area contributed by atoms with Gasteiger partial charge in [0.2, 0.25) is 0 Å². The van der Waals surface area contributed by atoms with E-state index < -0.39 is 0 Å². The molecule has 0 radical (unpaired) electrons. The van der Waals surface area contributed by atoms with E-state index in [0.29, 0.717) is 11.6 Å². The smallest absolute Gasteiger partial charge is 0.277 e. The van der Waals surface area contributed by atoms with Crippen LogP contribution in [-0.4, -0.2) is 24.2 Å². The van der Waals surface area contributed by atoms with Crippen LogP contribution in [0.3, 0.4) is 0 Å². The second kappa shape index (κ2) is 10.1. The third-order valence-electron chi connectivity index (χ3n) is 6.31. The van der Waals surface area contributed by atoms with Crippen molar-refractivity contribution in [1.29, 1.82) is 0 Å². The summed E-state index contributed by atoms with van der Waals surface area (Å²) >= 11 is 0. The first kappa shape index (κ1) is 20.9. The van der Waals surface area contributed by atoms with Crippen molar-refractivity contribution in [2.45, 2.75) is 70.6 Å². The van der Waals surface area contributed by atoms with E-state index >= 15 is 0 Å². The Morgan fingerprint density at radius 1 is 1.23 bits per heavy atom. The number of nitrogens with zero attached hydrogens (tertiary/aromatic N) is 1. The zero-order chi connectivity index (χ0) is 20.8. The molecule has 0 unspecified atom stereocenters. The number of anilines is 1. The number of aryl methyl sites for hydroxylation is 1. The molecule has 5 heteroatoms. The van der Waals surface area contributed by atoms with Crippen LogP contribution in [0.2, 0.25) is 0 Å². The van der Waals surface area contributed by atoms with E-state index in [1.165, 1.54) is 42.4 Å². The van der Waals surface area contributed by atoms with Crippen molar-refractivity contribution in [2.75, 3.05) is 18.4 Å². The SMILES string of the molecule is CCCCc1cc(C(=O)Nc2ccc(C3CCNCC3)cc2C2=CCCCC2)no1. The van der Waals surface area contributed by atoms with Crippen molar-refractivity contribution in [3.8, 4) is 0 Å². The summed E-state index contributed by atoms with van der Waals surface area (Å²) in [6, 6.07) is 8.36. The summed E-state index contributed by atoms with van der Waals surface area (Å²) in [4.78, 5) is 12.9. The van der Waals surface area contributed by atoms with E-state index in [1.54, 1.807) is 6.07 Å². The zero-order valence-corrected chi connectivity index (χ0v) is 18.0. The maximum atomic E-state index is 12.9. The molecule has 1 aromatic carbocycles. The van der Waals surface area contributed by atoms with Gasteiger partial charge in [-0.3, -0.25) is 4.79 Å². The predicted octanol–water partition coefficient (Wildman–Crippen LogP) is 5.69. The Balaban J connectivity index is 1.57. The number of piperidine rings is 1. The number of rotatable bonds is 7. The van der Waals surface area contributed by atoms with Gasteiger partial charge in [0.15, 0.2) is 5.69 Å². The van der Waals surface area contributed by atoms with E-state index in [2.05, 4.69) is 47.0 Å². The Morgan fingerprint density at radius 2 is 2.10 bits per heavy atom. The van der Waals surface area contributed by atoms with Crippen LogP contribution in [-0.2, 0) is 6.42 Å². The molecule has 0 bridgehead atoms. The highest BCUT2D eigenvalue weighted by atomic mass is 16.5. The summed E-state index contributed by atoms with van der Waals surface area (Å²) in [5.41, 5.74) is 5.15. The van der Waals surface area contributed by atoms with E-state index in [1.807, 2.05) is 0 Å². The largest absolute Gasteiger partial charge is 0.361 e. The molecule has 4 rings (SSSR count). The molecule has 1 saturated heterocycles. The average molecular weight is 408 g/mol. The number of allylic oxidation sites excluding steroid dienone is 2. The number of nitrogens with one attached hydrogen (secondary N) is 2. The Bertz CT molecular complexity index is 894. The summed E-state index contributed by atoms with van der Waals surface area (Å²) in [7, 11) is 0. The van der Waals surface area contributed by atoms with Crippen molar-refractivity contribution >= 4 is 17.2 Å². The number of hydrogen-bond donors (Lipinski definition) is 2. The van der Waals surface area contributed by atoms with Gasteiger partial charge in [0.25, 0.3) is 5.91 Å². The summed E-state index contributed by atoms with van der Waals surface area (Å²) < 4.78 is 5.34. The molecule has 2 aromatic rings. The monoisotopic (exact) mass is 407 g/mol. The minimum Gasteiger partial charge on any atom is -0.361 e. The van der Waals surface area contributed by atoms with Crippen molar-refractivity contribution in [3.05, 3.63) is 52.9 Å². The molecule has 0 spiro atoms. The second-order valence-electron chi connectivity index (χ2n) is 8.54. The Kier molecular flexibility index (Phi) is 7.00. The van der Waals surface area contributed by atoms with E-state index in [-0.39, 0.29) is 5.91 Å². The molecule has 0 atom stereocenters. The second-order valence-corrected chi connectivity index (χ2v) is 8.54. The zero-order valence-electron chi connectivity index (χ0n) is 18.0. The van der Waals surface area contributed by atoms with Crippen molar-refractivity contribution in [1.82, 2.24) is 10.5 Å². The van der Waals surface area contributed by atoms with Gasteiger partial charge in [0, 0.05) is 23.7 Å². The number of aromatic nitrogens is 1. The lowest BCUT2D eigenvalue weighted by molar-refractivity contribution is 0.101. The molecular weight excluding hydrogens is 374 g/mol. The first-order chi connectivity index (χ1) is 14.7. The van der Waals surface area contributed by atoms with E-state index in [9.17, 15) is 4.79 Å². The molecule has 2 N–H and O–H groups in total. The molecule has 2 heterocycles. The van der Waals surface area contributed by atoms with Crippen LogP contribution >= 0.6 is 0 Å². The first-order valence-corrected chi connectivity index (χ1v) is 11.6. The fraction of sp³-hybridized carbons (Fsp3) is 0.520. The quantitative estimate of drug-likeness (QED) is 0.618. The fourth-order valence-corrected chi connectivity index (χ4v) is 4.50. The summed E-state index contributed by atoms with van der Waals surface area (Å²) in [5.74, 6) is 1.17. The molecule has 1 aliphatic carbocycles. The molecule has 1 aliphatic heterocycles. The van der Waals surface area contributed by atoms with Crippen molar-refractivity contribution in [2.24, 2.45) is 0 Å². The summed E-state index contributed by atoms with van der Waals surface area (Å²) in [6.45, 7) is 4.29. The molecule has 160 valence electrons. The lowest BCUT2D eigenvalue weighted by Crippen LogP contribution is -2.26. The van der Waals surface area contributed by atoms with Crippen LogP contribution in [0.15, 0.2) is 34.9 Å². The number of carbonyl (C=O) groups excluding carboxylic acids is 1. The molecule has 1 amide bonds. The van der Waals surface area contributed by atoms with Crippen LogP contribution in [0.1, 0.15) is 91.6 Å². The Labute approximate surface area is 179 Å². The summed E-state index contributed by atoms with van der Waals surface area (Å²) in [5, 5.41) is 10.5. The van der Waals surface area contributed by atoms with Gasteiger partial charge in [0.1, 0.15) is 5.76 Å². The maximum Gasteiger partial charge on any atom is 0.277 e. The van der Waals surface area contributed by atoms with Crippen LogP contribution in [0, 0.1) is 0 Å². The topological polar surface area (TPSA) is 67.2 Å². The Hall–Kier alpha value is -2.40. The molecule has 2 aliphatic rings. The predicted molar refractivity (Wildman–Crippen MR) is 121 cm³/mol. The molecule has 1 fully saturated rings. The molecule has 1 aromatic heterocycles. The standard InChI is InChI=1S/C25H33N3O2/c1-2-3-9-21-17-24(28-30-21)25(29)27-23-11-10-20(18-12-14-26-15-13-18)16-22(23)19-7-5-4-6-8-19/h7,10-11,16-18,26H,2-6,8-9,12-15H2,1H3,(H,27,29). The molecule has 0 saturated carbocycles. The van der Waals surface area contributed by atoms with Gasteiger partial charge in [-0.15, -0.1) is 0 Å². The van der Waals surface area contributed by atoms with Gasteiger partial charge in [-0.1, -0.05) is 30.6 Å². The van der Waals surface area contributed by atoms with Crippen LogP contribution in [0.5, 0.6) is 0 Å². The number of amides is 1. The van der Waals surface area contributed by atoms with Crippen LogP contribution < -0.4 is 10.6 Å². The Morgan fingerprint density at radius 3 is 2.87 bits per heavy atom. The van der Waals surface area contributed by atoms with Gasteiger partial charge in [-0.25, -0.2) is 0 Å². The lowest BCUT2D eigenvalue weighted by atomic mass is 9.86. The van der Waals surface area contributed by atoms with Crippen LogP contribution in [0.25, 0.3) is 5.57 Å². The van der Waals surface area contributed by atoms with E-state index in [0.717, 1.165) is 56.6 Å². The van der Waals surface area contributed by atoms with Crippen molar-refractivity contribution in [3.63, 3.8) is 0 Å². The van der Waals surface area contributed by atoms with Gasteiger partial charge >= 0.3 is 0 Å². The minimum absolute atomic E-state index is 0.200. The maximum absolute atomic E-state index is 12.9. The van der Waals surface area contributed by atoms with Gasteiger partial charge in [-0.05, 0) is 87.2 Å². The number of carbonyl (C=O) groups is 1. The number of benzene rings is 1. The third kappa shape index (κ3) is 5.01. The minimum atomic E-state index is -0.200. The van der Waals surface area contributed by atoms with Gasteiger partial charge in [-0.2, -0.15) is 0 Å². The van der Waals surface area contributed by atoms with Gasteiger partial charge < -0.3 is 15.2 Å². The van der Waals surface area contributed by atoms with Gasteiger partial charge in [0.05, 0.1) is 0 Å². The average Bonchev–Trinajstić information content (AvgIpc) is 3.28. The van der Waals surface area contributed by atoms with Crippen molar-refractivity contribution < 1.29 is 9.32 Å². The first-order valence-electron chi connectivity index (χ1n) is 11.6. The fourth-order valence-electron chi connectivity index (χ4n) is 4.50. The molecule has 5 nitrogen and oxygen atoms in total. The highest BCUT2D eigenvalue weighted by Crippen LogP contribution is 2.36. The normalized spacial score (nSPS) is 17.6. The highest BCUT2D eigenvalue weighted by Gasteiger charge is 2.20. The number of unbranched alkanes of at least 4 members (excludes halogenated alkanes) is 1. The van der Waals surface area contributed by atoms with E-state index in [4.69, 9.17) is 4.52 Å². The summed E-state index contributed by atoms with van der Waals surface area (Å²) in [6.07, 6.45) is 12.3. The molecular formula is C25H33N3O2. The highest BCUT2D eigenvalue weighted by molar-refractivity contribution is 6.04. The molecule has 30 heavy (non-hydrogen) atoms. The lowest BCUT2D eigenvalue weighted by Gasteiger charge is -2.25. The number of hydrogen-bond acceptors (Lipinski definition) is 4.